The van der Waals surface area contributed by atoms with Gasteiger partial charge < -0.3 is 13.9 Å². The molecule has 1 unspecified atom stereocenters. The standard InChI is InChI=1S/C10H11BrO3/c11-9-3-8(5-14-9)4-10(6-12)1-2-13-7-10/h3,5-6H,1-2,4,7H2. The number of carbonyl (C=O) groups excluding carboxylic acids is 1. The van der Waals surface area contributed by atoms with Crippen LogP contribution in [0.2, 0.25) is 0 Å². The fraction of sp³-hybridized carbons (Fsp3) is 0.500. The molecular formula is C10H11BrO3. The Bertz CT molecular complexity index is 326. The highest BCUT2D eigenvalue weighted by atomic mass is 79.9. The number of rotatable bonds is 3. The Labute approximate surface area is 90.6 Å². The summed E-state index contributed by atoms with van der Waals surface area (Å²) in [6.07, 6.45) is 4.19. The van der Waals surface area contributed by atoms with E-state index in [2.05, 4.69) is 15.9 Å². The smallest absolute Gasteiger partial charge is 0.169 e. The summed E-state index contributed by atoms with van der Waals surface area (Å²) >= 11 is 3.23. The Morgan fingerprint density at radius 1 is 1.64 bits per heavy atom. The number of carbonyl (C=O) groups is 1. The van der Waals surface area contributed by atoms with Crippen molar-refractivity contribution in [2.45, 2.75) is 12.8 Å². The summed E-state index contributed by atoms with van der Waals surface area (Å²) in [5.74, 6) is 0. The minimum Gasteiger partial charge on any atom is -0.457 e. The van der Waals surface area contributed by atoms with Gasteiger partial charge in [-0.15, -0.1) is 0 Å². The Morgan fingerprint density at radius 3 is 3.00 bits per heavy atom. The monoisotopic (exact) mass is 258 g/mol. The van der Waals surface area contributed by atoms with Crippen LogP contribution in [0.5, 0.6) is 0 Å². The lowest BCUT2D eigenvalue weighted by atomic mass is 9.83. The molecule has 1 aromatic heterocycles. The molecule has 0 amide bonds. The van der Waals surface area contributed by atoms with E-state index in [1.54, 1.807) is 6.26 Å². The third kappa shape index (κ3) is 1.91. The molecule has 2 rings (SSSR count). The second-order valence-corrected chi connectivity index (χ2v) is 4.50. The molecule has 0 aromatic carbocycles. The van der Waals surface area contributed by atoms with Crippen molar-refractivity contribution in [3.8, 4) is 0 Å². The fourth-order valence-corrected chi connectivity index (χ4v) is 2.13. The van der Waals surface area contributed by atoms with E-state index in [1.165, 1.54) is 0 Å². The maximum Gasteiger partial charge on any atom is 0.169 e. The van der Waals surface area contributed by atoms with Gasteiger partial charge in [0.1, 0.15) is 6.29 Å². The van der Waals surface area contributed by atoms with Crippen LogP contribution in [0.3, 0.4) is 0 Å². The van der Waals surface area contributed by atoms with Crippen molar-refractivity contribution >= 4 is 22.2 Å². The summed E-state index contributed by atoms with van der Waals surface area (Å²) < 4.78 is 11.1. The van der Waals surface area contributed by atoms with Crippen LogP contribution in [0.1, 0.15) is 12.0 Å². The number of hydrogen-bond donors (Lipinski definition) is 0. The SMILES string of the molecule is O=CC1(Cc2coc(Br)c2)CCOC1. The number of hydrogen-bond acceptors (Lipinski definition) is 3. The first kappa shape index (κ1) is 9.93. The predicted octanol–water partition coefficient (Wildman–Crippen LogP) is 2.19. The van der Waals surface area contributed by atoms with Crippen LogP contribution in [0, 0.1) is 5.41 Å². The van der Waals surface area contributed by atoms with Gasteiger partial charge in [-0.2, -0.15) is 0 Å². The second-order valence-electron chi connectivity index (χ2n) is 3.72. The third-order valence-corrected chi connectivity index (χ3v) is 2.98. The van der Waals surface area contributed by atoms with Crippen molar-refractivity contribution < 1.29 is 13.9 Å². The summed E-state index contributed by atoms with van der Waals surface area (Å²) in [6, 6.07) is 1.89. The molecule has 1 aromatic rings. The summed E-state index contributed by atoms with van der Waals surface area (Å²) in [6.45, 7) is 1.21. The first-order valence-electron chi connectivity index (χ1n) is 4.51. The van der Waals surface area contributed by atoms with Crippen LogP contribution in [-0.4, -0.2) is 19.5 Å². The molecule has 2 heterocycles. The lowest BCUT2D eigenvalue weighted by Gasteiger charge is -2.18. The molecule has 0 spiro atoms. The highest BCUT2D eigenvalue weighted by Gasteiger charge is 2.35. The molecule has 1 saturated heterocycles. The summed E-state index contributed by atoms with van der Waals surface area (Å²) in [4.78, 5) is 11.0. The average Bonchev–Trinajstić information content (AvgIpc) is 2.77. The first-order chi connectivity index (χ1) is 6.74. The molecule has 1 aliphatic heterocycles. The van der Waals surface area contributed by atoms with Gasteiger partial charge in [0, 0.05) is 6.61 Å². The van der Waals surface area contributed by atoms with Gasteiger partial charge >= 0.3 is 0 Å². The zero-order valence-corrected chi connectivity index (χ0v) is 9.25. The van der Waals surface area contributed by atoms with Crippen LogP contribution in [0.15, 0.2) is 21.4 Å². The van der Waals surface area contributed by atoms with E-state index in [9.17, 15) is 4.79 Å². The third-order valence-electron chi connectivity index (χ3n) is 2.56. The Morgan fingerprint density at radius 2 is 2.50 bits per heavy atom. The molecular weight excluding hydrogens is 248 g/mol. The molecule has 0 aliphatic carbocycles. The molecule has 4 heteroatoms. The van der Waals surface area contributed by atoms with Gasteiger partial charge in [-0.1, -0.05) is 0 Å². The average molecular weight is 259 g/mol. The molecule has 1 aliphatic rings. The molecule has 0 saturated carbocycles. The van der Waals surface area contributed by atoms with Crippen LogP contribution >= 0.6 is 15.9 Å². The van der Waals surface area contributed by atoms with Gasteiger partial charge in [0.15, 0.2) is 4.67 Å². The van der Waals surface area contributed by atoms with Crippen molar-refractivity contribution in [3.05, 3.63) is 22.6 Å². The molecule has 0 N–H and O–H groups in total. The maximum atomic E-state index is 11.0. The topological polar surface area (TPSA) is 39.4 Å². The molecule has 3 nitrogen and oxygen atoms in total. The fourth-order valence-electron chi connectivity index (χ4n) is 1.74. The molecule has 76 valence electrons. The number of halogens is 1. The van der Waals surface area contributed by atoms with E-state index in [0.717, 1.165) is 18.3 Å². The van der Waals surface area contributed by atoms with Gasteiger partial charge in [0.25, 0.3) is 0 Å². The van der Waals surface area contributed by atoms with Crippen LogP contribution in [-0.2, 0) is 16.0 Å². The summed E-state index contributed by atoms with van der Waals surface area (Å²) in [7, 11) is 0. The zero-order chi connectivity index (χ0) is 10.0. The quantitative estimate of drug-likeness (QED) is 0.781. The minimum absolute atomic E-state index is 0.330. The molecule has 14 heavy (non-hydrogen) atoms. The number of ether oxygens (including phenoxy) is 1. The van der Waals surface area contributed by atoms with E-state index < -0.39 is 0 Å². The van der Waals surface area contributed by atoms with Crippen LogP contribution in [0.25, 0.3) is 0 Å². The Kier molecular flexibility index (Phi) is 2.74. The van der Waals surface area contributed by atoms with Crippen molar-refractivity contribution in [1.82, 2.24) is 0 Å². The van der Waals surface area contributed by atoms with Gasteiger partial charge in [-0.05, 0) is 40.4 Å². The van der Waals surface area contributed by atoms with E-state index in [4.69, 9.17) is 9.15 Å². The van der Waals surface area contributed by atoms with E-state index in [1.807, 2.05) is 6.07 Å². The van der Waals surface area contributed by atoms with Gasteiger partial charge in [-0.3, -0.25) is 0 Å². The van der Waals surface area contributed by atoms with Crippen molar-refractivity contribution in [2.24, 2.45) is 5.41 Å². The highest BCUT2D eigenvalue weighted by molar-refractivity contribution is 9.10. The summed E-state index contributed by atoms with van der Waals surface area (Å²) in [5, 5.41) is 0. The largest absolute Gasteiger partial charge is 0.457 e. The maximum absolute atomic E-state index is 11.0. The lowest BCUT2D eigenvalue weighted by molar-refractivity contribution is -0.116. The van der Waals surface area contributed by atoms with Gasteiger partial charge in [0.2, 0.25) is 0 Å². The van der Waals surface area contributed by atoms with E-state index in [-0.39, 0.29) is 5.41 Å². The number of aldehydes is 1. The number of furan rings is 1. The van der Waals surface area contributed by atoms with Crippen molar-refractivity contribution in [1.29, 1.82) is 0 Å². The normalized spacial score (nSPS) is 26.6. The van der Waals surface area contributed by atoms with Gasteiger partial charge in [-0.25, -0.2) is 0 Å². The van der Waals surface area contributed by atoms with Crippen LogP contribution < -0.4 is 0 Å². The molecule has 1 atom stereocenters. The van der Waals surface area contributed by atoms with Crippen molar-refractivity contribution in [3.63, 3.8) is 0 Å². The minimum atomic E-state index is -0.330. The first-order valence-corrected chi connectivity index (χ1v) is 5.30. The second kappa shape index (κ2) is 3.87. The summed E-state index contributed by atoms with van der Waals surface area (Å²) in [5.41, 5.74) is 0.707. The highest BCUT2D eigenvalue weighted by Crippen LogP contribution is 2.31. The molecule has 0 bridgehead atoms. The Hall–Kier alpha value is -0.610. The van der Waals surface area contributed by atoms with E-state index in [0.29, 0.717) is 24.3 Å². The Balaban J connectivity index is 2.11. The predicted molar refractivity (Wildman–Crippen MR) is 54.0 cm³/mol. The lowest BCUT2D eigenvalue weighted by Crippen LogP contribution is -2.25. The zero-order valence-electron chi connectivity index (χ0n) is 7.66. The van der Waals surface area contributed by atoms with E-state index >= 15 is 0 Å². The van der Waals surface area contributed by atoms with Crippen molar-refractivity contribution in [2.75, 3.05) is 13.2 Å². The molecule has 0 radical (unpaired) electrons. The molecule has 1 fully saturated rings. The van der Waals surface area contributed by atoms with Crippen LogP contribution in [0.4, 0.5) is 0 Å². The van der Waals surface area contributed by atoms with Gasteiger partial charge in [0.05, 0.1) is 18.3 Å².